The lowest BCUT2D eigenvalue weighted by Gasteiger charge is -2.09. The molecule has 6 heteroatoms. The Hall–Kier alpha value is -2.89. The summed E-state index contributed by atoms with van der Waals surface area (Å²) in [5.74, 6) is 1.94. The number of para-hydroxylation sites is 2. The van der Waals surface area contributed by atoms with Crippen LogP contribution in [-0.2, 0) is 6.54 Å². The lowest BCUT2D eigenvalue weighted by Crippen LogP contribution is -2.09. The van der Waals surface area contributed by atoms with Crippen LogP contribution >= 0.6 is 0 Å². The second kappa shape index (κ2) is 5.96. The SMILES string of the molecule is Cc1cc2c(NCCCn3c(C)nc4ccccc43)nccn2n1. The van der Waals surface area contributed by atoms with Gasteiger partial charge in [0.25, 0.3) is 0 Å². The Morgan fingerprint density at radius 2 is 2.00 bits per heavy atom. The van der Waals surface area contributed by atoms with Gasteiger partial charge in [-0.25, -0.2) is 14.5 Å². The highest BCUT2D eigenvalue weighted by atomic mass is 15.2. The molecule has 0 bridgehead atoms. The van der Waals surface area contributed by atoms with Crippen molar-refractivity contribution in [3.05, 3.63) is 54.2 Å². The van der Waals surface area contributed by atoms with E-state index in [9.17, 15) is 0 Å². The van der Waals surface area contributed by atoms with Gasteiger partial charge in [-0.15, -0.1) is 0 Å². The van der Waals surface area contributed by atoms with E-state index in [0.29, 0.717) is 0 Å². The maximum Gasteiger partial charge on any atom is 0.152 e. The molecule has 4 rings (SSSR count). The van der Waals surface area contributed by atoms with Crippen molar-refractivity contribution in [2.45, 2.75) is 26.8 Å². The van der Waals surface area contributed by atoms with Gasteiger partial charge in [0, 0.05) is 25.5 Å². The molecule has 1 N–H and O–H groups in total. The predicted molar refractivity (Wildman–Crippen MR) is 95.3 cm³/mol. The van der Waals surface area contributed by atoms with Crippen LogP contribution in [0.1, 0.15) is 17.9 Å². The Morgan fingerprint density at radius 1 is 1.12 bits per heavy atom. The summed E-state index contributed by atoms with van der Waals surface area (Å²) >= 11 is 0. The third-order valence-electron chi connectivity index (χ3n) is 4.21. The Balaban J connectivity index is 1.45. The Kier molecular flexibility index (Phi) is 3.65. The predicted octanol–water partition coefficient (Wildman–Crippen LogP) is 3.20. The molecule has 6 nitrogen and oxygen atoms in total. The van der Waals surface area contributed by atoms with Crippen molar-refractivity contribution in [2.24, 2.45) is 0 Å². The van der Waals surface area contributed by atoms with Gasteiger partial charge in [0.15, 0.2) is 5.82 Å². The number of hydrogen-bond donors (Lipinski definition) is 1. The molecule has 0 saturated heterocycles. The summed E-state index contributed by atoms with van der Waals surface area (Å²) in [4.78, 5) is 9.04. The first-order valence-corrected chi connectivity index (χ1v) is 8.19. The number of benzene rings is 1. The molecule has 24 heavy (non-hydrogen) atoms. The van der Waals surface area contributed by atoms with Crippen molar-refractivity contribution in [2.75, 3.05) is 11.9 Å². The molecule has 0 aliphatic rings. The molecule has 3 heterocycles. The highest BCUT2D eigenvalue weighted by Gasteiger charge is 2.07. The molecule has 4 aromatic rings. The Labute approximate surface area is 140 Å². The van der Waals surface area contributed by atoms with Crippen molar-refractivity contribution in [3.63, 3.8) is 0 Å². The van der Waals surface area contributed by atoms with Crippen molar-refractivity contribution >= 4 is 22.4 Å². The van der Waals surface area contributed by atoms with E-state index in [1.807, 2.05) is 29.8 Å². The van der Waals surface area contributed by atoms with E-state index in [2.05, 4.69) is 50.1 Å². The number of rotatable bonds is 5. The molecule has 0 radical (unpaired) electrons. The molecule has 0 aliphatic carbocycles. The van der Waals surface area contributed by atoms with Gasteiger partial charge in [-0.05, 0) is 38.5 Å². The quantitative estimate of drug-likeness (QED) is 0.574. The van der Waals surface area contributed by atoms with Crippen LogP contribution in [0.4, 0.5) is 5.82 Å². The fraction of sp³-hybridized carbons (Fsp3) is 0.278. The zero-order chi connectivity index (χ0) is 16.5. The number of anilines is 1. The summed E-state index contributed by atoms with van der Waals surface area (Å²) < 4.78 is 4.13. The fourth-order valence-electron chi connectivity index (χ4n) is 3.10. The van der Waals surface area contributed by atoms with Gasteiger partial charge < -0.3 is 9.88 Å². The second-order valence-corrected chi connectivity index (χ2v) is 5.97. The minimum absolute atomic E-state index is 0.850. The maximum absolute atomic E-state index is 4.61. The van der Waals surface area contributed by atoms with Gasteiger partial charge in [-0.2, -0.15) is 5.10 Å². The minimum Gasteiger partial charge on any atom is -0.368 e. The molecule has 1 aromatic carbocycles. The second-order valence-electron chi connectivity index (χ2n) is 5.97. The highest BCUT2D eigenvalue weighted by Crippen LogP contribution is 2.17. The highest BCUT2D eigenvalue weighted by molar-refractivity contribution is 5.75. The first kappa shape index (κ1) is 14.7. The standard InChI is InChI=1S/C18H20N6/c1-13-12-17-18(20-9-11-24(17)22-13)19-8-5-10-23-14(2)21-15-6-3-4-7-16(15)23/h3-4,6-7,9,11-12H,5,8,10H2,1-2H3,(H,19,20). The van der Waals surface area contributed by atoms with Gasteiger partial charge in [0.05, 0.1) is 16.7 Å². The van der Waals surface area contributed by atoms with E-state index in [4.69, 9.17) is 0 Å². The van der Waals surface area contributed by atoms with Gasteiger partial charge >= 0.3 is 0 Å². The van der Waals surface area contributed by atoms with E-state index in [1.165, 1.54) is 5.52 Å². The molecule has 122 valence electrons. The minimum atomic E-state index is 0.850. The van der Waals surface area contributed by atoms with Crippen LogP contribution in [0.25, 0.3) is 16.6 Å². The Bertz CT molecular complexity index is 997. The third kappa shape index (κ3) is 2.60. The van der Waals surface area contributed by atoms with Crippen molar-refractivity contribution in [3.8, 4) is 0 Å². The van der Waals surface area contributed by atoms with Crippen molar-refractivity contribution in [1.82, 2.24) is 24.1 Å². The molecule has 0 saturated carbocycles. The molecule has 3 aromatic heterocycles. The summed E-state index contributed by atoms with van der Waals surface area (Å²) in [6, 6.07) is 10.3. The molecule has 0 fully saturated rings. The summed E-state index contributed by atoms with van der Waals surface area (Å²) in [5, 5.41) is 7.84. The lowest BCUT2D eigenvalue weighted by molar-refractivity contribution is 0.658. The van der Waals surface area contributed by atoms with Gasteiger partial charge in [-0.3, -0.25) is 0 Å². The summed E-state index contributed by atoms with van der Waals surface area (Å²) in [6.45, 7) is 5.83. The molecule has 0 amide bonds. The van der Waals surface area contributed by atoms with Crippen molar-refractivity contribution < 1.29 is 0 Å². The Morgan fingerprint density at radius 3 is 2.92 bits per heavy atom. The number of imidazole rings is 1. The average Bonchev–Trinajstić information content (AvgIpc) is 3.11. The van der Waals surface area contributed by atoms with E-state index in [-0.39, 0.29) is 0 Å². The molecule has 0 atom stereocenters. The molecule has 0 aliphatic heterocycles. The molecule has 0 unspecified atom stereocenters. The van der Waals surface area contributed by atoms with Crippen LogP contribution in [0.15, 0.2) is 42.7 Å². The third-order valence-corrected chi connectivity index (χ3v) is 4.21. The van der Waals surface area contributed by atoms with Gasteiger partial charge in [-0.1, -0.05) is 12.1 Å². The first-order chi connectivity index (χ1) is 11.7. The van der Waals surface area contributed by atoms with Crippen LogP contribution in [0.3, 0.4) is 0 Å². The van der Waals surface area contributed by atoms with Crippen LogP contribution in [0, 0.1) is 13.8 Å². The summed E-state index contributed by atoms with van der Waals surface area (Å²) in [7, 11) is 0. The van der Waals surface area contributed by atoms with E-state index < -0.39 is 0 Å². The monoisotopic (exact) mass is 320 g/mol. The summed E-state index contributed by atoms with van der Waals surface area (Å²) in [6.07, 6.45) is 4.64. The zero-order valence-corrected chi connectivity index (χ0v) is 13.9. The smallest absolute Gasteiger partial charge is 0.152 e. The normalized spacial score (nSPS) is 11.4. The fourth-order valence-corrected chi connectivity index (χ4v) is 3.10. The van der Waals surface area contributed by atoms with Crippen LogP contribution in [-0.4, -0.2) is 30.7 Å². The maximum atomic E-state index is 4.61. The van der Waals surface area contributed by atoms with E-state index in [0.717, 1.165) is 47.9 Å². The van der Waals surface area contributed by atoms with Crippen LogP contribution in [0.5, 0.6) is 0 Å². The number of aryl methyl sites for hydroxylation is 3. The van der Waals surface area contributed by atoms with Crippen molar-refractivity contribution in [1.29, 1.82) is 0 Å². The molecular formula is C18H20N6. The zero-order valence-electron chi connectivity index (χ0n) is 13.9. The largest absolute Gasteiger partial charge is 0.368 e. The number of fused-ring (bicyclic) bond motifs is 2. The topological polar surface area (TPSA) is 60.0 Å². The van der Waals surface area contributed by atoms with E-state index in [1.54, 1.807) is 6.20 Å². The number of aromatic nitrogens is 5. The summed E-state index contributed by atoms with van der Waals surface area (Å²) in [5.41, 5.74) is 4.26. The average molecular weight is 320 g/mol. The molecular weight excluding hydrogens is 300 g/mol. The number of nitrogens with zero attached hydrogens (tertiary/aromatic N) is 5. The first-order valence-electron chi connectivity index (χ1n) is 8.19. The van der Waals surface area contributed by atoms with Gasteiger partial charge in [0.1, 0.15) is 11.3 Å². The number of nitrogens with one attached hydrogen (secondary N) is 1. The van der Waals surface area contributed by atoms with Crippen LogP contribution < -0.4 is 5.32 Å². The molecule has 0 spiro atoms. The van der Waals surface area contributed by atoms with Gasteiger partial charge in [0.2, 0.25) is 0 Å². The van der Waals surface area contributed by atoms with Crippen LogP contribution in [0.2, 0.25) is 0 Å². The lowest BCUT2D eigenvalue weighted by atomic mass is 10.3. The van der Waals surface area contributed by atoms with E-state index >= 15 is 0 Å². The number of hydrogen-bond acceptors (Lipinski definition) is 4.